The van der Waals surface area contributed by atoms with Crippen LogP contribution in [0.3, 0.4) is 0 Å². The molecule has 1 fully saturated rings. The van der Waals surface area contributed by atoms with E-state index in [0.717, 1.165) is 32.0 Å². The van der Waals surface area contributed by atoms with E-state index in [1.165, 1.54) is 23.9 Å². The van der Waals surface area contributed by atoms with Gasteiger partial charge in [0.2, 0.25) is 5.91 Å². The summed E-state index contributed by atoms with van der Waals surface area (Å²) in [7, 11) is 0. The van der Waals surface area contributed by atoms with Crippen molar-refractivity contribution in [3.05, 3.63) is 33.9 Å². The van der Waals surface area contributed by atoms with Crippen LogP contribution in [-0.4, -0.2) is 38.9 Å². The number of nitro groups is 1. The highest BCUT2D eigenvalue weighted by Gasteiger charge is 2.17. The molecule has 7 nitrogen and oxygen atoms in total. The molecule has 0 atom stereocenters. The summed E-state index contributed by atoms with van der Waals surface area (Å²) in [5.74, 6) is -0.168. The molecule has 0 bridgehead atoms. The molecular formula is C14H14N4O3S2. The Morgan fingerprint density at radius 2 is 2.17 bits per heavy atom. The van der Waals surface area contributed by atoms with Crippen LogP contribution in [0.1, 0.15) is 18.4 Å². The molecule has 0 unspecified atom stereocenters. The van der Waals surface area contributed by atoms with E-state index in [4.69, 9.17) is 17.5 Å². The highest BCUT2D eigenvalue weighted by molar-refractivity contribution is 8.23. The number of rotatable bonds is 4. The predicted octanol–water partition coefficient (Wildman–Crippen LogP) is 2.52. The number of nitrogens with one attached hydrogen (secondary N) is 1. The molecule has 1 heterocycles. The third kappa shape index (κ3) is 4.64. The first-order chi connectivity index (χ1) is 11.0. The molecule has 0 aromatic heterocycles. The van der Waals surface area contributed by atoms with Gasteiger partial charge in [-0.1, -0.05) is 24.0 Å². The number of benzene rings is 1. The molecule has 1 amide bonds. The molecule has 0 saturated carbocycles. The summed E-state index contributed by atoms with van der Waals surface area (Å²) >= 11 is 6.55. The first kappa shape index (κ1) is 17.2. The fraction of sp³-hybridized carbons (Fsp3) is 0.357. The fourth-order valence-electron chi connectivity index (χ4n) is 2.15. The number of amides is 1. The number of anilines is 1. The van der Waals surface area contributed by atoms with E-state index in [0.29, 0.717) is 4.32 Å². The Bertz CT molecular complexity index is 681. The van der Waals surface area contributed by atoms with Gasteiger partial charge >= 0.3 is 0 Å². The molecule has 0 aliphatic carbocycles. The SMILES string of the molecule is N#Cc1cc([N+](=O)[O-])ccc1NC(=O)CSC(=S)N1CCCC1. The number of carbonyl (C=O) groups excluding carboxylic acids is 1. The number of non-ortho nitro benzene ring substituents is 1. The highest BCUT2D eigenvalue weighted by atomic mass is 32.2. The van der Waals surface area contributed by atoms with Crippen LogP contribution < -0.4 is 5.32 Å². The normalized spacial score (nSPS) is 13.4. The third-order valence-electron chi connectivity index (χ3n) is 3.30. The number of thioether (sulfide) groups is 1. The number of carbonyl (C=O) groups is 1. The molecule has 0 radical (unpaired) electrons. The third-order valence-corrected chi connectivity index (χ3v) is 4.82. The van der Waals surface area contributed by atoms with Gasteiger partial charge in [-0.25, -0.2) is 0 Å². The number of nitrogens with zero attached hydrogens (tertiary/aromatic N) is 3. The van der Waals surface area contributed by atoms with Gasteiger partial charge in [-0.2, -0.15) is 5.26 Å². The number of hydrogen-bond donors (Lipinski definition) is 1. The Hall–Kier alpha value is -2.18. The van der Waals surface area contributed by atoms with Crippen molar-refractivity contribution in [3.8, 4) is 6.07 Å². The van der Waals surface area contributed by atoms with Crippen molar-refractivity contribution in [2.75, 3.05) is 24.2 Å². The van der Waals surface area contributed by atoms with E-state index >= 15 is 0 Å². The van der Waals surface area contributed by atoms with Crippen LogP contribution in [0.5, 0.6) is 0 Å². The van der Waals surface area contributed by atoms with Crippen molar-refractivity contribution < 1.29 is 9.72 Å². The van der Waals surface area contributed by atoms with Crippen LogP contribution in [0.4, 0.5) is 11.4 Å². The van der Waals surface area contributed by atoms with Crippen LogP contribution in [0.15, 0.2) is 18.2 Å². The zero-order chi connectivity index (χ0) is 16.8. The second kappa shape index (κ2) is 7.89. The van der Waals surface area contributed by atoms with Gasteiger partial charge in [0.05, 0.1) is 21.9 Å². The molecule has 0 spiro atoms. The number of likely N-dealkylation sites (tertiary alicyclic amines) is 1. The molecule has 9 heteroatoms. The lowest BCUT2D eigenvalue weighted by molar-refractivity contribution is -0.384. The Kier molecular flexibility index (Phi) is 5.90. The van der Waals surface area contributed by atoms with Gasteiger partial charge < -0.3 is 10.2 Å². The van der Waals surface area contributed by atoms with E-state index in [1.54, 1.807) is 0 Å². The van der Waals surface area contributed by atoms with Gasteiger partial charge in [0.1, 0.15) is 10.4 Å². The molecule has 23 heavy (non-hydrogen) atoms. The zero-order valence-corrected chi connectivity index (χ0v) is 13.8. The molecular weight excluding hydrogens is 336 g/mol. The predicted molar refractivity (Wildman–Crippen MR) is 92.3 cm³/mol. The van der Waals surface area contributed by atoms with Crippen molar-refractivity contribution >= 4 is 45.6 Å². The molecule has 1 aliphatic rings. The topological polar surface area (TPSA) is 99.3 Å². The second-order valence-corrected chi connectivity index (χ2v) is 6.50. The van der Waals surface area contributed by atoms with Crippen molar-refractivity contribution in [2.45, 2.75) is 12.8 Å². The van der Waals surface area contributed by atoms with Crippen LogP contribution in [0.2, 0.25) is 0 Å². The standard InChI is InChI=1S/C14H14N4O3S2/c15-8-10-7-11(18(20)21)3-4-12(10)16-13(19)9-23-14(22)17-5-1-2-6-17/h3-4,7H,1-2,5-6,9H2,(H,16,19). The van der Waals surface area contributed by atoms with Gasteiger partial charge in [0, 0.05) is 25.2 Å². The smallest absolute Gasteiger partial charge is 0.270 e. The molecule has 1 aliphatic heterocycles. The Morgan fingerprint density at radius 1 is 1.48 bits per heavy atom. The second-order valence-electron chi connectivity index (χ2n) is 4.90. The lowest BCUT2D eigenvalue weighted by Gasteiger charge is -2.17. The minimum atomic E-state index is -0.587. The number of nitriles is 1. The van der Waals surface area contributed by atoms with Crippen LogP contribution >= 0.6 is 24.0 Å². The van der Waals surface area contributed by atoms with E-state index < -0.39 is 4.92 Å². The van der Waals surface area contributed by atoms with E-state index in [9.17, 15) is 14.9 Å². The summed E-state index contributed by atoms with van der Waals surface area (Å²) in [6.07, 6.45) is 2.22. The first-order valence-electron chi connectivity index (χ1n) is 6.91. The molecule has 1 aromatic rings. The van der Waals surface area contributed by atoms with E-state index in [1.807, 2.05) is 6.07 Å². The van der Waals surface area contributed by atoms with Crippen molar-refractivity contribution in [3.63, 3.8) is 0 Å². The van der Waals surface area contributed by atoms with Gasteiger partial charge in [-0.3, -0.25) is 14.9 Å². The number of thiocarbonyl (C=S) groups is 1. The van der Waals surface area contributed by atoms with Gasteiger partial charge in [0.25, 0.3) is 5.69 Å². The van der Waals surface area contributed by atoms with Crippen LogP contribution in [0, 0.1) is 21.4 Å². The highest BCUT2D eigenvalue weighted by Crippen LogP contribution is 2.22. The number of hydrogen-bond acceptors (Lipinski definition) is 6. The zero-order valence-electron chi connectivity index (χ0n) is 12.2. The van der Waals surface area contributed by atoms with Crippen LogP contribution in [0.25, 0.3) is 0 Å². The largest absolute Gasteiger partial charge is 0.358 e. The van der Waals surface area contributed by atoms with E-state index in [-0.39, 0.29) is 28.6 Å². The maximum absolute atomic E-state index is 12.0. The lowest BCUT2D eigenvalue weighted by atomic mass is 10.1. The van der Waals surface area contributed by atoms with Gasteiger partial charge in [0.15, 0.2) is 0 Å². The molecule has 1 aromatic carbocycles. The summed E-state index contributed by atoms with van der Waals surface area (Å²) in [5, 5.41) is 22.3. The number of nitro benzene ring substituents is 1. The maximum atomic E-state index is 12.0. The molecule has 1 saturated heterocycles. The van der Waals surface area contributed by atoms with Crippen molar-refractivity contribution in [1.29, 1.82) is 5.26 Å². The quantitative estimate of drug-likeness (QED) is 0.506. The lowest BCUT2D eigenvalue weighted by Crippen LogP contribution is -2.25. The minimum Gasteiger partial charge on any atom is -0.358 e. The fourth-order valence-corrected chi connectivity index (χ4v) is 3.20. The van der Waals surface area contributed by atoms with Crippen LogP contribution in [-0.2, 0) is 4.79 Å². The van der Waals surface area contributed by atoms with Crippen molar-refractivity contribution in [1.82, 2.24) is 4.90 Å². The summed E-state index contributed by atoms with van der Waals surface area (Å²) in [6, 6.07) is 5.59. The Morgan fingerprint density at radius 3 is 2.78 bits per heavy atom. The van der Waals surface area contributed by atoms with Gasteiger partial charge in [-0.15, -0.1) is 0 Å². The van der Waals surface area contributed by atoms with Crippen molar-refractivity contribution in [2.24, 2.45) is 0 Å². The Balaban J connectivity index is 1.93. The Labute approximate surface area is 142 Å². The summed E-state index contributed by atoms with van der Waals surface area (Å²) < 4.78 is 0.696. The summed E-state index contributed by atoms with van der Waals surface area (Å²) in [5.41, 5.74) is 0.125. The average molecular weight is 350 g/mol. The molecule has 120 valence electrons. The maximum Gasteiger partial charge on any atom is 0.270 e. The van der Waals surface area contributed by atoms with Gasteiger partial charge in [-0.05, 0) is 18.9 Å². The molecule has 2 rings (SSSR count). The van der Waals surface area contributed by atoms with E-state index in [2.05, 4.69) is 10.2 Å². The monoisotopic (exact) mass is 350 g/mol. The molecule has 1 N–H and O–H groups in total. The first-order valence-corrected chi connectivity index (χ1v) is 8.30. The average Bonchev–Trinajstić information content (AvgIpc) is 3.07. The minimum absolute atomic E-state index is 0.0552. The summed E-state index contributed by atoms with van der Waals surface area (Å²) in [4.78, 5) is 24.1. The summed E-state index contributed by atoms with van der Waals surface area (Å²) in [6.45, 7) is 1.85.